The highest BCUT2D eigenvalue weighted by Gasteiger charge is 2.07. The van der Waals surface area contributed by atoms with E-state index in [1.165, 1.54) is 0 Å². The van der Waals surface area contributed by atoms with Gasteiger partial charge in [-0.05, 0) is 22.9 Å². The third-order valence-corrected chi connectivity index (χ3v) is 2.43. The molecule has 1 aromatic rings. The van der Waals surface area contributed by atoms with Crippen molar-refractivity contribution in [1.29, 1.82) is 0 Å². The summed E-state index contributed by atoms with van der Waals surface area (Å²) in [4.78, 5) is 21.3. The molecule has 0 atom stereocenters. The molecule has 0 unspecified atom stereocenters. The number of halogens is 1. The third kappa shape index (κ3) is 4.14. The second-order valence-corrected chi connectivity index (χ2v) is 4.24. The van der Waals surface area contributed by atoms with Gasteiger partial charge in [0, 0.05) is 39.0 Å². The highest BCUT2D eigenvalue weighted by atomic mass is 79.9. The van der Waals surface area contributed by atoms with E-state index < -0.39 is 0 Å². The van der Waals surface area contributed by atoms with E-state index in [9.17, 15) is 4.79 Å². The highest BCUT2D eigenvalue weighted by Crippen LogP contribution is 2.04. The van der Waals surface area contributed by atoms with Crippen LogP contribution in [0.1, 0.15) is 12.7 Å². The maximum atomic E-state index is 11.4. The van der Waals surface area contributed by atoms with Crippen LogP contribution in [0.5, 0.6) is 0 Å². The standard InChI is InChI=1S/C10H15BrN4O/c1-3-12-10(16)15(2)5-4-9-13-6-8(11)7-14-9/h6-7H,3-5H2,1-2H3,(H,12,16). The first-order valence-corrected chi connectivity index (χ1v) is 5.88. The maximum Gasteiger partial charge on any atom is 0.317 e. The Bertz CT molecular complexity index is 341. The van der Waals surface area contributed by atoms with Crippen LogP contribution in [0.4, 0.5) is 4.79 Å². The van der Waals surface area contributed by atoms with Crippen LogP contribution in [0.25, 0.3) is 0 Å². The van der Waals surface area contributed by atoms with Gasteiger partial charge in [0.1, 0.15) is 5.82 Å². The molecule has 1 N–H and O–H groups in total. The van der Waals surface area contributed by atoms with E-state index >= 15 is 0 Å². The van der Waals surface area contributed by atoms with Crippen LogP contribution in [0.15, 0.2) is 16.9 Å². The van der Waals surface area contributed by atoms with Crippen molar-refractivity contribution in [1.82, 2.24) is 20.2 Å². The van der Waals surface area contributed by atoms with Gasteiger partial charge in [-0.25, -0.2) is 14.8 Å². The van der Waals surface area contributed by atoms with Crippen LogP contribution in [-0.2, 0) is 6.42 Å². The summed E-state index contributed by atoms with van der Waals surface area (Å²) < 4.78 is 0.855. The van der Waals surface area contributed by atoms with Crippen molar-refractivity contribution in [3.05, 3.63) is 22.7 Å². The fourth-order valence-electron chi connectivity index (χ4n) is 1.12. The summed E-state index contributed by atoms with van der Waals surface area (Å²) in [6.45, 7) is 3.13. The first-order chi connectivity index (χ1) is 7.63. The summed E-state index contributed by atoms with van der Waals surface area (Å²) in [6.07, 6.45) is 4.06. The number of likely N-dealkylation sites (N-methyl/N-ethyl adjacent to an activating group) is 1. The number of nitrogens with one attached hydrogen (secondary N) is 1. The number of carbonyl (C=O) groups excluding carboxylic acids is 1. The lowest BCUT2D eigenvalue weighted by molar-refractivity contribution is 0.209. The molecular weight excluding hydrogens is 272 g/mol. The van der Waals surface area contributed by atoms with Crippen LogP contribution in [-0.4, -0.2) is 41.0 Å². The van der Waals surface area contributed by atoms with Crippen molar-refractivity contribution in [2.75, 3.05) is 20.1 Å². The fourth-order valence-corrected chi connectivity index (χ4v) is 1.33. The molecule has 0 aliphatic rings. The minimum atomic E-state index is -0.0698. The summed E-state index contributed by atoms with van der Waals surface area (Å²) in [7, 11) is 1.75. The van der Waals surface area contributed by atoms with Crippen molar-refractivity contribution in [2.24, 2.45) is 0 Å². The number of aromatic nitrogens is 2. The van der Waals surface area contributed by atoms with Gasteiger partial charge in [0.15, 0.2) is 0 Å². The van der Waals surface area contributed by atoms with Crippen molar-refractivity contribution in [3.63, 3.8) is 0 Å². The minimum Gasteiger partial charge on any atom is -0.338 e. The Balaban J connectivity index is 2.39. The molecule has 16 heavy (non-hydrogen) atoms. The molecule has 2 amide bonds. The van der Waals surface area contributed by atoms with Gasteiger partial charge in [0.25, 0.3) is 0 Å². The third-order valence-electron chi connectivity index (χ3n) is 2.02. The number of nitrogens with zero attached hydrogens (tertiary/aromatic N) is 3. The zero-order valence-corrected chi connectivity index (χ0v) is 11.0. The SMILES string of the molecule is CCNC(=O)N(C)CCc1ncc(Br)cn1. The van der Waals surface area contributed by atoms with Crippen LogP contribution in [0.3, 0.4) is 0 Å². The molecular formula is C10H15BrN4O. The van der Waals surface area contributed by atoms with E-state index in [1.54, 1.807) is 24.3 Å². The molecule has 1 aromatic heterocycles. The van der Waals surface area contributed by atoms with E-state index in [1.807, 2.05) is 6.92 Å². The largest absolute Gasteiger partial charge is 0.338 e. The summed E-state index contributed by atoms with van der Waals surface area (Å²) in [5, 5.41) is 2.73. The Morgan fingerprint density at radius 1 is 1.50 bits per heavy atom. The van der Waals surface area contributed by atoms with E-state index in [4.69, 9.17) is 0 Å². The van der Waals surface area contributed by atoms with Crippen LogP contribution in [0, 0.1) is 0 Å². The number of hydrogen-bond acceptors (Lipinski definition) is 3. The van der Waals surface area contributed by atoms with Gasteiger partial charge >= 0.3 is 6.03 Å². The Kier molecular flexibility index (Phi) is 5.18. The molecule has 1 rings (SSSR count). The molecule has 1 heterocycles. The van der Waals surface area contributed by atoms with E-state index in [0.29, 0.717) is 19.5 Å². The van der Waals surface area contributed by atoms with Crippen molar-refractivity contribution >= 4 is 22.0 Å². The monoisotopic (exact) mass is 286 g/mol. The van der Waals surface area contributed by atoms with Gasteiger partial charge in [-0.1, -0.05) is 0 Å². The Hall–Kier alpha value is -1.17. The first-order valence-electron chi connectivity index (χ1n) is 5.09. The topological polar surface area (TPSA) is 58.1 Å². The van der Waals surface area contributed by atoms with Crippen LogP contribution < -0.4 is 5.32 Å². The fraction of sp³-hybridized carbons (Fsp3) is 0.500. The van der Waals surface area contributed by atoms with Gasteiger partial charge in [0.05, 0.1) is 4.47 Å². The zero-order valence-electron chi connectivity index (χ0n) is 9.40. The van der Waals surface area contributed by atoms with Gasteiger partial charge in [-0.15, -0.1) is 0 Å². The summed E-state index contributed by atoms with van der Waals surface area (Å²) in [6, 6.07) is -0.0698. The Morgan fingerprint density at radius 2 is 2.12 bits per heavy atom. The second kappa shape index (κ2) is 6.42. The van der Waals surface area contributed by atoms with Crippen LogP contribution in [0.2, 0.25) is 0 Å². The number of hydrogen-bond donors (Lipinski definition) is 1. The zero-order chi connectivity index (χ0) is 12.0. The van der Waals surface area contributed by atoms with E-state index in [2.05, 4.69) is 31.2 Å². The first kappa shape index (κ1) is 12.9. The molecule has 5 nitrogen and oxygen atoms in total. The minimum absolute atomic E-state index is 0.0698. The number of carbonyl (C=O) groups is 1. The molecule has 0 bridgehead atoms. The van der Waals surface area contributed by atoms with Crippen LogP contribution >= 0.6 is 15.9 Å². The van der Waals surface area contributed by atoms with E-state index in [-0.39, 0.29) is 6.03 Å². The predicted molar refractivity (Wildman–Crippen MR) is 65.1 cm³/mol. The second-order valence-electron chi connectivity index (χ2n) is 3.32. The molecule has 0 fully saturated rings. The quantitative estimate of drug-likeness (QED) is 0.911. The molecule has 0 aromatic carbocycles. The molecule has 0 aliphatic carbocycles. The number of amides is 2. The Labute approximate surface area is 103 Å². The molecule has 0 aliphatic heterocycles. The Morgan fingerprint density at radius 3 is 2.69 bits per heavy atom. The highest BCUT2D eigenvalue weighted by molar-refractivity contribution is 9.10. The van der Waals surface area contributed by atoms with Gasteiger partial charge in [0.2, 0.25) is 0 Å². The van der Waals surface area contributed by atoms with Crippen molar-refractivity contribution < 1.29 is 4.79 Å². The summed E-state index contributed by atoms with van der Waals surface area (Å²) >= 11 is 3.27. The van der Waals surface area contributed by atoms with Crippen molar-refractivity contribution in [3.8, 4) is 0 Å². The molecule has 0 spiro atoms. The average Bonchev–Trinajstić information content (AvgIpc) is 2.28. The lowest BCUT2D eigenvalue weighted by Crippen LogP contribution is -2.38. The maximum absolute atomic E-state index is 11.4. The summed E-state index contributed by atoms with van der Waals surface area (Å²) in [5.74, 6) is 0.736. The number of urea groups is 1. The molecule has 0 saturated carbocycles. The molecule has 6 heteroatoms. The molecule has 88 valence electrons. The van der Waals surface area contributed by atoms with E-state index in [0.717, 1.165) is 10.3 Å². The molecule has 0 radical (unpaired) electrons. The smallest absolute Gasteiger partial charge is 0.317 e. The lowest BCUT2D eigenvalue weighted by atomic mass is 10.4. The number of rotatable bonds is 4. The van der Waals surface area contributed by atoms with Crippen molar-refractivity contribution in [2.45, 2.75) is 13.3 Å². The summed E-state index contributed by atoms with van der Waals surface area (Å²) in [5.41, 5.74) is 0. The van der Waals surface area contributed by atoms with Gasteiger partial charge in [-0.2, -0.15) is 0 Å². The normalized spacial score (nSPS) is 9.94. The predicted octanol–water partition coefficient (Wildman–Crippen LogP) is 1.44. The van der Waals surface area contributed by atoms with Gasteiger partial charge in [-0.3, -0.25) is 0 Å². The molecule has 0 saturated heterocycles. The lowest BCUT2D eigenvalue weighted by Gasteiger charge is -2.16. The average molecular weight is 287 g/mol. The van der Waals surface area contributed by atoms with Gasteiger partial charge < -0.3 is 10.2 Å².